The number of hydrogen-bond acceptors (Lipinski definition) is 3. The molecular formula is C7H7N3O. The van der Waals surface area contributed by atoms with Gasteiger partial charge in [0, 0.05) is 18.0 Å². The largest absolute Gasteiger partial charge is 0.432 e. The molecule has 2 aromatic heterocycles. The lowest BCUT2D eigenvalue weighted by Crippen LogP contribution is -1.82. The van der Waals surface area contributed by atoms with Crippen LogP contribution in [0.1, 0.15) is 0 Å². The van der Waals surface area contributed by atoms with Crippen LogP contribution >= 0.6 is 0 Å². The van der Waals surface area contributed by atoms with Gasteiger partial charge in [-0.05, 0) is 6.07 Å². The summed E-state index contributed by atoms with van der Waals surface area (Å²) in [5, 5.41) is 0. The molecule has 0 saturated heterocycles. The second-order valence-corrected chi connectivity index (χ2v) is 2.17. The Bertz CT molecular complexity index is 336. The molecule has 0 bridgehead atoms. The molecule has 0 radical (unpaired) electrons. The lowest BCUT2D eigenvalue weighted by Gasteiger charge is -1.82. The molecule has 0 fully saturated rings. The number of oxazole rings is 1. The molecule has 4 nitrogen and oxygen atoms in total. The molecule has 0 amide bonds. The van der Waals surface area contributed by atoms with Crippen molar-refractivity contribution in [3.8, 4) is 11.3 Å². The van der Waals surface area contributed by atoms with Crippen molar-refractivity contribution in [2.24, 2.45) is 0 Å². The van der Waals surface area contributed by atoms with Crippen molar-refractivity contribution in [1.29, 1.82) is 0 Å². The van der Waals surface area contributed by atoms with Crippen molar-refractivity contribution in [3.63, 3.8) is 0 Å². The zero-order valence-electron chi connectivity index (χ0n) is 5.74. The quantitative estimate of drug-likeness (QED) is 0.641. The molecule has 2 heterocycles. The maximum Gasteiger partial charge on any atom is 0.292 e. The predicted molar refractivity (Wildman–Crippen MR) is 40.7 cm³/mol. The van der Waals surface area contributed by atoms with Crippen LogP contribution in [-0.4, -0.2) is 9.97 Å². The van der Waals surface area contributed by atoms with Crippen molar-refractivity contribution in [2.75, 3.05) is 5.73 Å². The van der Waals surface area contributed by atoms with Crippen molar-refractivity contribution in [3.05, 3.63) is 24.7 Å². The van der Waals surface area contributed by atoms with Gasteiger partial charge in [-0.15, -0.1) is 0 Å². The number of nitrogens with two attached hydrogens (primary N) is 1. The summed E-state index contributed by atoms with van der Waals surface area (Å²) in [6.07, 6.45) is 5.18. The fourth-order valence-electron chi connectivity index (χ4n) is 0.903. The first-order chi connectivity index (χ1) is 5.36. The molecule has 0 aromatic carbocycles. The zero-order valence-corrected chi connectivity index (χ0v) is 5.74. The Kier molecular flexibility index (Phi) is 1.18. The Balaban J connectivity index is 2.45. The fourth-order valence-corrected chi connectivity index (χ4v) is 0.903. The summed E-state index contributed by atoms with van der Waals surface area (Å²) < 4.78 is 4.84. The summed E-state index contributed by atoms with van der Waals surface area (Å²) >= 11 is 0. The summed E-state index contributed by atoms with van der Waals surface area (Å²) in [5.41, 5.74) is 7.03. The number of nitrogens with one attached hydrogen (secondary N) is 1. The van der Waals surface area contributed by atoms with E-state index in [-0.39, 0.29) is 6.01 Å². The predicted octanol–water partition coefficient (Wildman–Crippen LogP) is 1.25. The van der Waals surface area contributed by atoms with Crippen LogP contribution in [-0.2, 0) is 0 Å². The lowest BCUT2D eigenvalue weighted by atomic mass is 10.3. The van der Waals surface area contributed by atoms with Gasteiger partial charge in [0.25, 0.3) is 6.01 Å². The van der Waals surface area contributed by atoms with Gasteiger partial charge in [0.2, 0.25) is 0 Å². The SMILES string of the molecule is Nc1nc(-c2cc[nH]c2)co1. The topological polar surface area (TPSA) is 67.8 Å². The minimum Gasteiger partial charge on any atom is -0.432 e. The minimum absolute atomic E-state index is 0.196. The molecule has 0 atom stereocenters. The van der Waals surface area contributed by atoms with E-state index < -0.39 is 0 Å². The van der Waals surface area contributed by atoms with E-state index in [0.29, 0.717) is 0 Å². The first-order valence-electron chi connectivity index (χ1n) is 3.20. The molecule has 0 aliphatic heterocycles. The maximum absolute atomic E-state index is 5.30. The smallest absolute Gasteiger partial charge is 0.292 e. The van der Waals surface area contributed by atoms with Gasteiger partial charge in [-0.3, -0.25) is 0 Å². The van der Waals surface area contributed by atoms with Crippen molar-refractivity contribution in [1.82, 2.24) is 9.97 Å². The summed E-state index contributed by atoms with van der Waals surface area (Å²) in [6.45, 7) is 0. The molecule has 0 saturated carbocycles. The number of nitrogens with zero attached hydrogens (tertiary/aromatic N) is 1. The number of aromatic nitrogens is 2. The minimum atomic E-state index is 0.196. The molecule has 0 unspecified atom stereocenters. The van der Waals surface area contributed by atoms with Crippen LogP contribution in [0.15, 0.2) is 29.1 Å². The van der Waals surface area contributed by atoms with Crippen LogP contribution in [0.25, 0.3) is 11.3 Å². The Morgan fingerprint density at radius 1 is 1.55 bits per heavy atom. The molecule has 2 aromatic rings. The van der Waals surface area contributed by atoms with E-state index in [1.807, 2.05) is 18.5 Å². The van der Waals surface area contributed by atoms with E-state index >= 15 is 0 Å². The normalized spacial score (nSPS) is 10.2. The van der Waals surface area contributed by atoms with Crippen LogP contribution in [0.4, 0.5) is 6.01 Å². The Morgan fingerprint density at radius 3 is 3.00 bits per heavy atom. The standard InChI is InChI=1S/C7H7N3O/c8-7-10-6(4-11-7)5-1-2-9-3-5/h1-4,9H,(H2,8,10). The van der Waals surface area contributed by atoms with Crippen molar-refractivity contribution < 1.29 is 4.42 Å². The number of hydrogen-bond donors (Lipinski definition) is 2. The number of anilines is 1. The molecular weight excluding hydrogens is 142 g/mol. The first-order valence-corrected chi connectivity index (χ1v) is 3.20. The molecule has 3 N–H and O–H groups in total. The van der Waals surface area contributed by atoms with Gasteiger partial charge in [-0.25, -0.2) is 0 Å². The second kappa shape index (κ2) is 2.16. The lowest BCUT2D eigenvalue weighted by molar-refractivity contribution is 0.581. The summed E-state index contributed by atoms with van der Waals surface area (Å²) in [7, 11) is 0. The number of aromatic amines is 1. The average Bonchev–Trinajstić information content (AvgIpc) is 2.55. The third kappa shape index (κ3) is 0.980. The third-order valence-corrected chi connectivity index (χ3v) is 1.42. The van der Waals surface area contributed by atoms with Crippen LogP contribution in [0.5, 0.6) is 0 Å². The van der Waals surface area contributed by atoms with Gasteiger partial charge >= 0.3 is 0 Å². The molecule has 11 heavy (non-hydrogen) atoms. The van der Waals surface area contributed by atoms with Gasteiger partial charge in [0.15, 0.2) is 0 Å². The first kappa shape index (κ1) is 6.03. The van der Waals surface area contributed by atoms with Gasteiger partial charge in [-0.2, -0.15) is 4.98 Å². The number of H-pyrrole nitrogens is 1. The fraction of sp³-hybridized carbons (Fsp3) is 0. The van der Waals surface area contributed by atoms with E-state index in [2.05, 4.69) is 9.97 Å². The Morgan fingerprint density at radius 2 is 2.45 bits per heavy atom. The van der Waals surface area contributed by atoms with Crippen molar-refractivity contribution in [2.45, 2.75) is 0 Å². The molecule has 0 aliphatic rings. The molecule has 4 heteroatoms. The highest BCUT2D eigenvalue weighted by atomic mass is 16.4. The van der Waals surface area contributed by atoms with Crippen LogP contribution < -0.4 is 5.73 Å². The Hall–Kier alpha value is -1.71. The highest BCUT2D eigenvalue weighted by Gasteiger charge is 2.02. The van der Waals surface area contributed by atoms with E-state index in [1.54, 1.807) is 0 Å². The van der Waals surface area contributed by atoms with Gasteiger partial charge in [0.1, 0.15) is 12.0 Å². The summed E-state index contributed by atoms with van der Waals surface area (Å²) in [4.78, 5) is 6.86. The van der Waals surface area contributed by atoms with E-state index in [9.17, 15) is 0 Å². The van der Waals surface area contributed by atoms with Crippen LogP contribution in [0.2, 0.25) is 0 Å². The van der Waals surface area contributed by atoms with Gasteiger partial charge < -0.3 is 15.1 Å². The average molecular weight is 149 g/mol. The van der Waals surface area contributed by atoms with E-state index in [1.165, 1.54) is 6.26 Å². The molecule has 2 rings (SSSR count). The monoisotopic (exact) mass is 149 g/mol. The molecule has 56 valence electrons. The van der Waals surface area contributed by atoms with Crippen molar-refractivity contribution >= 4 is 6.01 Å². The van der Waals surface area contributed by atoms with E-state index in [4.69, 9.17) is 10.2 Å². The number of rotatable bonds is 1. The zero-order chi connectivity index (χ0) is 7.68. The van der Waals surface area contributed by atoms with Crippen LogP contribution in [0, 0.1) is 0 Å². The number of nitrogen functional groups attached to an aromatic ring is 1. The highest BCUT2D eigenvalue weighted by molar-refractivity contribution is 5.57. The van der Waals surface area contributed by atoms with Gasteiger partial charge in [-0.1, -0.05) is 0 Å². The van der Waals surface area contributed by atoms with Crippen LogP contribution in [0.3, 0.4) is 0 Å². The highest BCUT2D eigenvalue weighted by Crippen LogP contribution is 2.17. The summed E-state index contributed by atoms with van der Waals surface area (Å²) in [6, 6.07) is 2.10. The maximum atomic E-state index is 5.30. The molecule has 0 spiro atoms. The molecule has 0 aliphatic carbocycles. The van der Waals surface area contributed by atoms with Gasteiger partial charge in [0.05, 0.1) is 0 Å². The van der Waals surface area contributed by atoms with E-state index in [0.717, 1.165) is 11.3 Å². The third-order valence-electron chi connectivity index (χ3n) is 1.42. The second-order valence-electron chi connectivity index (χ2n) is 2.17. The summed E-state index contributed by atoms with van der Waals surface area (Å²) in [5.74, 6) is 0. The Labute approximate surface area is 63.1 Å².